The van der Waals surface area contributed by atoms with Crippen LogP contribution >= 0.6 is 11.3 Å². The number of anilines is 1. The maximum absolute atomic E-state index is 11.0. The van der Waals surface area contributed by atoms with E-state index < -0.39 is 4.92 Å². The first kappa shape index (κ1) is 15.1. The van der Waals surface area contributed by atoms with Gasteiger partial charge in [0.1, 0.15) is 5.01 Å². The molecule has 7 heteroatoms. The van der Waals surface area contributed by atoms with Crippen molar-refractivity contribution < 1.29 is 4.92 Å². The number of thiazole rings is 1. The topological polar surface area (TPSA) is 81.0 Å². The van der Waals surface area contributed by atoms with Crippen LogP contribution in [0, 0.1) is 17.0 Å². The van der Waals surface area contributed by atoms with E-state index in [1.54, 1.807) is 17.4 Å². The molecule has 0 spiro atoms. The summed E-state index contributed by atoms with van der Waals surface area (Å²) in [6.07, 6.45) is 1.53. The van der Waals surface area contributed by atoms with Gasteiger partial charge in [0.05, 0.1) is 17.2 Å². The number of hydrogen-bond donors (Lipinski definition) is 1. The van der Waals surface area contributed by atoms with Crippen molar-refractivity contribution >= 4 is 22.8 Å². The molecule has 2 aromatic heterocycles. The molecule has 0 atom stereocenters. The second-order valence-electron chi connectivity index (χ2n) is 4.88. The zero-order valence-electron chi connectivity index (χ0n) is 12.4. The van der Waals surface area contributed by atoms with Gasteiger partial charge in [0.25, 0.3) is 0 Å². The van der Waals surface area contributed by atoms with Crippen molar-refractivity contribution in [3.63, 3.8) is 0 Å². The smallest absolute Gasteiger partial charge is 0.311 e. The number of nitro groups is 1. The zero-order valence-corrected chi connectivity index (χ0v) is 13.2. The first-order valence-corrected chi connectivity index (χ1v) is 7.82. The van der Waals surface area contributed by atoms with Crippen molar-refractivity contribution in [3.8, 4) is 10.6 Å². The molecule has 0 saturated heterocycles. The lowest BCUT2D eigenvalue weighted by atomic mass is 10.2. The van der Waals surface area contributed by atoms with E-state index in [1.165, 1.54) is 12.3 Å². The number of pyridine rings is 1. The highest BCUT2D eigenvalue weighted by Crippen LogP contribution is 2.29. The van der Waals surface area contributed by atoms with Crippen LogP contribution in [-0.2, 0) is 6.54 Å². The van der Waals surface area contributed by atoms with Crippen molar-refractivity contribution in [3.05, 3.63) is 69.3 Å². The van der Waals surface area contributed by atoms with E-state index in [1.807, 2.05) is 37.3 Å². The Balaban J connectivity index is 1.80. The van der Waals surface area contributed by atoms with Gasteiger partial charge in [-0.25, -0.2) is 9.97 Å². The lowest BCUT2D eigenvalue weighted by Crippen LogP contribution is -2.04. The highest BCUT2D eigenvalue weighted by atomic mass is 32.1. The number of hydrogen-bond acceptors (Lipinski definition) is 6. The van der Waals surface area contributed by atoms with Gasteiger partial charge in [0, 0.05) is 22.7 Å². The Kier molecular flexibility index (Phi) is 4.29. The summed E-state index contributed by atoms with van der Waals surface area (Å²) < 4.78 is 0. The Morgan fingerprint density at radius 1 is 1.22 bits per heavy atom. The lowest BCUT2D eigenvalue weighted by molar-refractivity contribution is -0.384. The van der Waals surface area contributed by atoms with Crippen LogP contribution in [0.3, 0.4) is 0 Å². The molecule has 23 heavy (non-hydrogen) atoms. The van der Waals surface area contributed by atoms with Gasteiger partial charge in [-0.15, -0.1) is 11.3 Å². The Morgan fingerprint density at radius 2 is 2.00 bits per heavy atom. The minimum absolute atomic E-state index is 0.0297. The number of nitrogens with one attached hydrogen (secondary N) is 1. The standard InChI is InChI=1S/C16H14N4O2S/c1-11-14(23-16(19-11)12-6-3-2-4-7-12)10-18-15-13(20(21)22)8-5-9-17-15/h2-9H,10H2,1H3,(H,17,18). The van der Waals surface area contributed by atoms with E-state index in [0.717, 1.165) is 21.1 Å². The summed E-state index contributed by atoms with van der Waals surface area (Å²) in [5, 5.41) is 15.0. The molecule has 0 amide bonds. The third-order valence-electron chi connectivity index (χ3n) is 3.31. The molecule has 0 bridgehead atoms. The molecule has 1 aromatic carbocycles. The molecular formula is C16H14N4O2S. The van der Waals surface area contributed by atoms with E-state index in [0.29, 0.717) is 6.54 Å². The van der Waals surface area contributed by atoms with Crippen LogP contribution in [0.2, 0.25) is 0 Å². The molecule has 0 fully saturated rings. The summed E-state index contributed by atoms with van der Waals surface area (Å²) in [4.78, 5) is 20.2. The average Bonchev–Trinajstić information content (AvgIpc) is 2.95. The maximum atomic E-state index is 11.0. The fourth-order valence-corrected chi connectivity index (χ4v) is 3.15. The average molecular weight is 326 g/mol. The zero-order chi connectivity index (χ0) is 16.2. The van der Waals surface area contributed by atoms with Crippen molar-refractivity contribution in [1.29, 1.82) is 0 Å². The Labute approximate surface area is 137 Å². The molecule has 1 N–H and O–H groups in total. The van der Waals surface area contributed by atoms with Gasteiger partial charge in [0.15, 0.2) is 0 Å². The van der Waals surface area contributed by atoms with Crippen molar-refractivity contribution in [1.82, 2.24) is 9.97 Å². The van der Waals surface area contributed by atoms with E-state index in [4.69, 9.17) is 0 Å². The van der Waals surface area contributed by atoms with E-state index in [2.05, 4.69) is 15.3 Å². The quantitative estimate of drug-likeness (QED) is 0.565. The third kappa shape index (κ3) is 3.35. The van der Waals surface area contributed by atoms with Gasteiger partial charge in [-0.1, -0.05) is 30.3 Å². The first-order chi connectivity index (χ1) is 11.1. The van der Waals surface area contributed by atoms with E-state index in [-0.39, 0.29) is 11.5 Å². The normalized spacial score (nSPS) is 10.5. The van der Waals surface area contributed by atoms with Crippen molar-refractivity contribution in [2.75, 3.05) is 5.32 Å². The van der Waals surface area contributed by atoms with Gasteiger partial charge >= 0.3 is 5.69 Å². The molecule has 0 aliphatic heterocycles. The second-order valence-corrected chi connectivity index (χ2v) is 5.96. The van der Waals surface area contributed by atoms with E-state index >= 15 is 0 Å². The van der Waals surface area contributed by atoms with Crippen LogP contribution in [0.25, 0.3) is 10.6 Å². The summed E-state index contributed by atoms with van der Waals surface area (Å²) in [5.41, 5.74) is 1.95. The van der Waals surface area contributed by atoms with Crippen LogP contribution in [0.5, 0.6) is 0 Å². The number of rotatable bonds is 5. The summed E-state index contributed by atoms with van der Waals surface area (Å²) in [6.45, 7) is 2.39. The summed E-state index contributed by atoms with van der Waals surface area (Å²) in [5.74, 6) is 0.270. The largest absolute Gasteiger partial charge is 0.359 e. The lowest BCUT2D eigenvalue weighted by Gasteiger charge is -2.04. The van der Waals surface area contributed by atoms with Gasteiger partial charge in [-0.05, 0) is 13.0 Å². The Hall–Kier alpha value is -2.80. The number of benzene rings is 1. The SMILES string of the molecule is Cc1nc(-c2ccccc2)sc1CNc1ncccc1[N+](=O)[O-]. The number of nitrogens with zero attached hydrogens (tertiary/aromatic N) is 3. The minimum Gasteiger partial charge on any atom is -0.359 e. The van der Waals surface area contributed by atoms with Crippen LogP contribution in [0.4, 0.5) is 11.5 Å². The summed E-state index contributed by atoms with van der Waals surface area (Å²) >= 11 is 1.57. The van der Waals surface area contributed by atoms with Crippen LogP contribution in [-0.4, -0.2) is 14.9 Å². The van der Waals surface area contributed by atoms with Gasteiger partial charge < -0.3 is 5.32 Å². The monoisotopic (exact) mass is 326 g/mol. The molecule has 2 heterocycles. The van der Waals surface area contributed by atoms with Crippen LogP contribution in [0.1, 0.15) is 10.6 Å². The predicted octanol–water partition coefficient (Wildman–Crippen LogP) is 4.03. The maximum Gasteiger partial charge on any atom is 0.311 e. The van der Waals surface area contributed by atoms with Gasteiger partial charge in [0.2, 0.25) is 5.82 Å². The number of aryl methyl sites for hydroxylation is 1. The highest BCUT2D eigenvalue weighted by molar-refractivity contribution is 7.15. The molecule has 0 unspecified atom stereocenters. The van der Waals surface area contributed by atoms with Crippen molar-refractivity contribution in [2.24, 2.45) is 0 Å². The molecule has 6 nitrogen and oxygen atoms in total. The predicted molar refractivity (Wildman–Crippen MR) is 90.5 cm³/mol. The molecule has 116 valence electrons. The fraction of sp³-hybridized carbons (Fsp3) is 0.125. The first-order valence-electron chi connectivity index (χ1n) is 7.00. The van der Waals surface area contributed by atoms with Gasteiger partial charge in [-0.2, -0.15) is 0 Å². The highest BCUT2D eigenvalue weighted by Gasteiger charge is 2.15. The van der Waals surface area contributed by atoms with Crippen LogP contribution in [0.15, 0.2) is 48.7 Å². The molecule has 0 aliphatic carbocycles. The molecule has 3 rings (SSSR count). The molecule has 0 aliphatic rings. The molecule has 0 radical (unpaired) electrons. The van der Waals surface area contributed by atoms with Crippen LogP contribution < -0.4 is 5.32 Å². The molecule has 3 aromatic rings. The van der Waals surface area contributed by atoms with Gasteiger partial charge in [-0.3, -0.25) is 10.1 Å². The second kappa shape index (κ2) is 6.53. The summed E-state index contributed by atoms with van der Waals surface area (Å²) in [7, 11) is 0. The Bertz CT molecular complexity index is 833. The third-order valence-corrected chi connectivity index (χ3v) is 4.52. The number of aromatic nitrogens is 2. The summed E-state index contributed by atoms with van der Waals surface area (Å²) in [6, 6.07) is 12.9. The minimum atomic E-state index is -0.440. The molecular weight excluding hydrogens is 312 g/mol. The molecule has 0 saturated carbocycles. The Morgan fingerprint density at radius 3 is 2.74 bits per heavy atom. The van der Waals surface area contributed by atoms with Crippen molar-refractivity contribution in [2.45, 2.75) is 13.5 Å². The fourth-order valence-electron chi connectivity index (χ4n) is 2.14. The van der Waals surface area contributed by atoms with E-state index in [9.17, 15) is 10.1 Å².